The number of hydrogen-bond donors (Lipinski definition) is 2. The second kappa shape index (κ2) is 10.6. The maximum Gasteiger partial charge on any atom is 0.311 e. The number of carbonyl (C=O) groups excluding carboxylic acids is 2. The molecular formula is C22H26N4O7S. The van der Waals surface area contributed by atoms with E-state index in [-0.39, 0.29) is 27.6 Å². The van der Waals surface area contributed by atoms with Crippen molar-refractivity contribution in [2.45, 2.75) is 31.1 Å². The van der Waals surface area contributed by atoms with Crippen molar-refractivity contribution in [3.05, 3.63) is 57.6 Å². The molecule has 0 aromatic heterocycles. The molecule has 2 aromatic carbocycles. The van der Waals surface area contributed by atoms with E-state index in [1.807, 2.05) is 0 Å². The summed E-state index contributed by atoms with van der Waals surface area (Å²) in [5, 5.41) is 16.1. The molecule has 12 heteroatoms. The minimum absolute atomic E-state index is 0.00831. The fraction of sp³-hybridized carbons (Fsp3) is 0.364. The highest BCUT2D eigenvalue weighted by molar-refractivity contribution is 7.89. The normalized spacial score (nSPS) is 14.3. The van der Waals surface area contributed by atoms with Crippen LogP contribution in [-0.4, -0.2) is 56.2 Å². The quantitative estimate of drug-likeness (QED) is 0.426. The molecular weight excluding hydrogens is 464 g/mol. The number of nitro benzene ring substituents is 1. The number of ether oxygens (including phenoxy) is 1. The van der Waals surface area contributed by atoms with Crippen LogP contribution in [0.3, 0.4) is 0 Å². The van der Waals surface area contributed by atoms with E-state index in [1.54, 1.807) is 19.1 Å². The summed E-state index contributed by atoms with van der Waals surface area (Å²) < 4.78 is 32.4. The number of sulfonamides is 1. The second-order valence-corrected chi connectivity index (χ2v) is 9.73. The van der Waals surface area contributed by atoms with Gasteiger partial charge in [0.25, 0.3) is 5.91 Å². The Morgan fingerprint density at radius 3 is 2.47 bits per heavy atom. The van der Waals surface area contributed by atoms with Crippen LogP contribution in [-0.2, 0) is 14.8 Å². The van der Waals surface area contributed by atoms with Gasteiger partial charge in [-0.1, -0.05) is 12.5 Å². The van der Waals surface area contributed by atoms with Crippen LogP contribution in [0.5, 0.6) is 5.75 Å². The zero-order chi connectivity index (χ0) is 24.9. The van der Waals surface area contributed by atoms with E-state index >= 15 is 0 Å². The molecule has 0 atom stereocenters. The Morgan fingerprint density at radius 2 is 1.82 bits per heavy atom. The van der Waals surface area contributed by atoms with Crippen LogP contribution < -0.4 is 15.4 Å². The van der Waals surface area contributed by atoms with Crippen molar-refractivity contribution in [1.29, 1.82) is 0 Å². The highest BCUT2D eigenvalue weighted by atomic mass is 32.2. The van der Waals surface area contributed by atoms with Gasteiger partial charge in [-0.2, -0.15) is 4.31 Å². The summed E-state index contributed by atoms with van der Waals surface area (Å²) in [6.45, 7) is 2.21. The molecule has 11 nitrogen and oxygen atoms in total. The largest absolute Gasteiger partial charge is 0.490 e. The third-order valence-corrected chi connectivity index (χ3v) is 7.49. The van der Waals surface area contributed by atoms with Gasteiger partial charge < -0.3 is 15.4 Å². The van der Waals surface area contributed by atoms with Gasteiger partial charge in [0, 0.05) is 30.4 Å². The molecule has 34 heavy (non-hydrogen) atoms. The van der Waals surface area contributed by atoms with Crippen LogP contribution in [0.25, 0.3) is 0 Å². The number of anilines is 1. The molecule has 1 aliphatic rings. The maximum absolute atomic E-state index is 13.0. The lowest BCUT2D eigenvalue weighted by atomic mass is 10.1. The van der Waals surface area contributed by atoms with Gasteiger partial charge in [-0.25, -0.2) is 8.42 Å². The Bertz CT molecular complexity index is 1210. The average Bonchev–Trinajstić information content (AvgIpc) is 2.83. The third-order valence-electron chi connectivity index (χ3n) is 5.45. The summed E-state index contributed by atoms with van der Waals surface area (Å²) in [6, 6.07) is 8.30. The van der Waals surface area contributed by atoms with Crippen molar-refractivity contribution < 1.29 is 27.7 Å². The number of nitrogens with zero attached hydrogens (tertiary/aromatic N) is 2. The first-order valence-corrected chi connectivity index (χ1v) is 12.1. The van der Waals surface area contributed by atoms with E-state index in [4.69, 9.17) is 4.74 Å². The van der Waals surface area contributed by atoms with Crippen molar-refractivity contribution in [3.63, 3.8) is 0 Å². The summed E-state index contributed by atoms with van der Waals surface area (Å²) >= 11 is 0. The van der Waals surface area contributed by atoms with Crippen molar-refractivity contribution >= 4 is 33.2 Å². The zero-order valence-electron chi connectivity index (χ0n) is 18.9. The van der Waals surface area contributed by atoms with Gasteiger partial charge in [0.15, 0.2) is 5.75 Å². The minimum Gasteiger partial charge on any atom is -0.490 e. The highest BCUT2D eigenvalue weighted by Gasteiger charge is 2.27. The molecule has 182 valence electrons. The minimum atomic E-state index is -3.68. The van der Waals surface area contributed by atoms with E-state index in [2.05, 4.69) is 10.6 Å². The molecule has 0 radical (unpaired) electrons. The highest BCUT2D eigenvalue weighted by Crippen LogP contribution is 2.28. The average molecular weight is 491 g/mol. The van der Waals surface area contributed by atoms with Gasteiger partial charge in [-0.3, -0.25) is 19.7 Å². The van der Waals surface area contributed by atoms with Gasteiger partial charge in [-0.15, -0.1) is 0 Å². The van der Waals surface area contributed by atoms with Gasteiger partial charge >= 0.3 is 5.69 Å². The van der Waals surface area contributed by atoms with Crippen molar-refractivity contribution in [3.8, 4) is 5.75 Å². The number of hydrogen-bond acceptors (Lipinski definition) is 7. The SMILES string of the molecule is COc1ccc(C(=O)NCC(=O)Nc2ccc(C)c(S(=O)(=O)N3CCCCC3)c2)cc1[N+](=O)[O-]. The fourth-order valence-electron chi connectivity index (χ4n) is 3.64. The number of nitro groups is 1. The molecule has 0 saturated carbocycles. The molecule has 1 saturated heterocycles. The van der Waals surface area contributed by atoms with E-state index in [0.717, 1.165) is 25.3 Å². The Balaban J connectivity index is 1.66. The first-order valence-electron chi connectivity index (χ1n) is 10.6. The molecule has 2 amide bonds. The van der Waals surface area contributed by atoms with Crippen LogP contribution in [0.4, 0.5) is 11.4 Å². The number of piperidine rings is 1. The fourth-order valence-corrected chi connectivity index (χ4v) is 5.41. The monoisotopic (exact) mass is 490 g/mol. The lowest BCUT2D eigenvalue weighted by Crippen LogP contribution is -2.36. The summed E-state index contributed by atoms with van der Waals surface area (Å²) in [5.41, 5.74) is 0.464. The van der Waals surface area contributed by atoms with Crippen LogP contribution >= 0.6 is 0 Å². The summed E-state index contributed by atoms with van der Waals surface area (Å²) in [4.78, 5) is 35.3. The second-order valence-electron chi connectivity index (χ2n) is 7.82. The standard InChI is InChI=1S/C22H26N4O7S/c1-15-6-8-17(13-20(15)34(31,32)25-10-4-3-5-11-25)24-21(27)14-23-22(28)16-7-9-19(33-2)18(12-16)26(29)30/h6-9,12-13H,3-5,10-11,14H2,1-2H3,(H,23,28)(H,24,27). The molecule has 2 aromatic rings. The smallest absolute Gasteiger partial charge is 0.311 e. The van der Waals surface area contributed by atoms with Crippen LogP contribution in [0.1, 0.15) is 35.2 Å². The number of methoxy groups -OCH3 is 1. The Hall–Kier alpha value is -3.51. The molecule has 0 spiro atoms. The van der Waals surface area contributed by atoms with Crippen LogP contribution in [0.2, 0.25) is 0 Å². The lowest BCUT2D eigenvalue weighted by Gasteiger charge is -2.26. The molecule has 1 aliphatic heterocycles. The van der Waals surface area contributed by atoms with Crippen LogP contribution in [0.15, 0.2) is 41.3 Å². The van der Waals surface area contributed by atoms with E-state index in [0.29, 0.717) is 18.7 Å². The number of aryl methyl sites for hydroxylation is 1. The number of carbonyl (C=O) groups is 2. The van der Waals surface area contributed by atoms with Crippen molar-refractivity contribution in [2.75, 3.05) is 32.1 Å². The molecule has 2 N–H and O–H groups in total. The van der Waals surface area contributed by atoms with Crippen molar-refractivity contribution in [1.82, 2.24) is 9.62 Å². The Morgan fingerprint density at radius 1 is 1.12 bits per heavy atom. The summed E-state index contributed by atoms with van der Waals surface area (Å²) in [5.74, 6) is -1.26. The van der Waals surface area contributed by atoms with Gasteiger partial charge in [0.1, 0.15) is 0 Å². The molecule has 0 bridgehead atoms. The molecule has 0 aliphatic carbocycles. The Kier molecular flexibility index (Phi) is 7.84. The van der Waals surface area contributed by atoms with E-state index < -0.39 is 33.3 Å². The van der Waals surface area contributed by atoms with Gasteiger partial charge in [0.05, 0.1) is 23.5 Å². The number of nitrogens with one attached hydrogen (secondary N) is 2. The predicted octanol–water partition coefficient (Wildman–Crippen LogP) is 2.45. The van der Waals surface area contributed by atoms with Crippen molar-refractivity contribution in [2.24, 2.45) is 0 Å². The molecule has 1 heterocycles. The topological polar surface area (TPSA) is 148 Å². The number of amides is 2. The Labute approximate surface area is 197 Å². The summed E-state index contributed by atoms with van der Waals surface area (Å²) in [7, 11) is -2.40. The number of rotatable bonds is 8. The molecule has 1 fully saturated rings. The van der Waals surface area contributed by atoms with E-state index in [9.17, 15) is 28.1 Å². The van der Waals surface area contributed by atoms with Crippen LogP contribution in [0, 0.1) is 17.0 Å². The molecule has 3 rings (SSSR count). The van der Waals surface area contributed by atoms with Gasteiger partial charge in [0.2, 0.25) is 15.9 Å². The first kappa shape index (κ1) is 25.1. The first-order chi connectivity index (χ1) is 16.1. The van der Waals surface area contributed by atoms with E-state index in [1.165, 1.54) is 29.6 Å². The summed E-state index contributed by atoms with van der Waals surface area (Å²) in [6.07, 6.45) is 2.62. The number of benzene rings is 2. The maximum atomic E-state index is 13.0. The predicted molar refractivity (Wildman–Crippen MR) is 124 cm³/mol. The lowest BCUT2D eigenvalue weighted by molar-refractivity contribution is -0.385. The molecule has 0 unspecified atom stereocenters. The third kappa shape index (κ3) is 5.69. The van der Waals surface area contributed by atoms with Gasteiger partial charge in [-0.05, 0) is 49.6 Å². The zero-order valence-corrected chi connectivity index (χ0v) is 19.7.